The quantitative estimate of drug-likeness (QED) is 0.916. The highest BCUT2D eigenvalue weighted by Gasteiger charge is 2.25. The van der Waals surface area contributed by atoms with Gasteiger partial charge in [-0.1, -0.05) is 0 Å². The van der Waals surface area contributed by atoms with E-state index >= 15 is 0 Å². The minimum absolute atomic E-state index is 0.192. The van der Waals surface area contributed by atoms with Gasteiger partial charge in [0, 0.05) is 25.3 Å². The number of nitrogen functional groups attached to an aromatic ring is 1. The number of aromatic nitrogens is 1. The van der Waals surface area contributed by atoms with Gasteiger partial charge in [0.15, 0.2) is 0 Å². The molecule has 2 fully saturated rings. The van der Waals surface area contributed by atoms with E-state index < -0.39 is 0 Å². The van der Waals surface area contributed by atoms with Gasteiger partial charge in [0.25, 0.3) is 0 Å². The van der Waals surface area contributed by atoms with Crippen molar-refractivity contribution < 1.29 is 4.79 Å². The van der Waals surface area contributed by atoms with Crippen molar-refractivity contribution in [1.29, 1.82) is 0 Å². The SMILES string of the molecule is Nc1ccc(CC(=O)N2CCC(CN3CCCC3)CC2)nc1. The Morgan fingerprint density at radius 2 is 1.91 bits per heavy atom. The standard InChI is InChI=1S/C17H26N4O/c18-15-3-4-16(19-12-15)11-17(22)21-9-5-14(6-10-21)13-20-7-1-2-8-20/h3-4,12,14H,1-2,5-11,13,18H2. The number of carbonyl (C=O) groups excluding carboxylic acids is 1. The van der Waals surface area contributed by atoms with Crippen molar-refractivity contribution in [3.05, 3.63) is 24.0 Å². The molecule has 120 valence electrons. The molecular formula is C17H26N4O. The second-order valence-electron chi connectivity index (χ2n) is 6.59. The molecule has 1 aromatic heterocycles. The van der Waals surface area contributed by atoms with Crippen molar-refractivity contribution >= 4 is 11.6 Å². The molecule has 1 amide bonds. The Morgan fingerprint density at radius 3 is 2.55 bits per heavy atom. The number of amides is 1. The smallest absolute Gasteiger partial charge is 0.228 e. The van der Waals surface area contributed by atoms with Crippen LogP contribution in [0.2, 0.25) is 0 Å². The van der Waals surface area contributed by atoms with E-state index in [1.165, 1.54) is 32.5 Å². The van der Waals surface area contributed by atoms with E-state index in [1.54, 1.807) is 12.3 Å². The van der Waals surface area contributed by atoms with Crippen LogP contribution in [0.4, 0.5) is 5.69 Å². The molecule has 3 rings (SSSR count). The van der Waals surface area contributed by atoms with E-state index in [4.69, 9.17) is 5.73 Å². The molecule has 0 spiro atoms. The normalized spacial score (nSPS) is 20.5. The monoisotopic (exact) mass is 302 g/mol. The van der Waals surface area contributed by atoms with Gasteiger partial charge >= 0.3 is 0 Å². The maximum Gasteiger partial charge on any atom is 0.228 e. The molecule has 0 saturated carbocycles. The summed E-state index contributed by atoms with van der Waals surface area (Å²) in [5.41, 5.74) is 7.06. The summed E-state index contributed by atoms with van der Waals surface area (Å²) in [6.07, 6.45) is 6.98. The largest absolute Gasteiger partial charge is 0.397 e. The van der Waals surface area contributed by atoms with Gasteiger partial charge in [-0.2, -0.15) is 0 Å². The van der Waals surface area contributed by atoms with Crippen LogP contribution in [-0.2, 0) is 11.2 Å². The van der Waals surface area contributed by atoms with E-state index in [0.29, 0.717) is 12.1 Å². The highest BCUT2D eigenvalue weighted by molar-refractivity contribution is 5.78. The predicted octanol–water partition coefficient (Wildman–Crippen LogP) is 1.54. The molecule has 0 aromatic carbocycles. The molecule has 2 aliphatic heterocycles. The lowest BCUT2D eigenvalue weighted by atomic mass is 9.96. The van der Waals surface area contributed by atoms with Crippen LogP contribution in [0.25, 0.3) is 0 Å². The van der Waals surface area contributed by atoms with Gasteiger partial charge in [-0.05, 0) is 56.8 Å². The Bertz CT molecular complexity index is 488. The number of rotatable bonds is 4. The minimum atomic E-state index is 0.192. The average Bonchev–Trinajstić information content (AvgIpc) is 3.03. The van der Waals surface area contributed by atoms with E-state index in [-0.39, 0.29) is 5.91 Å². The van der Waals surface area contributed by atoms with Crippen molar-refractivity contribution in [2.45, 2.75) is 32.1 Å². The Hall–Kier alpha value is -1.62. The third-order valence-electron chi connectivity index (χ3n) is 4.86. The first-order chi connectivity index (χ1) is 10.7. The molecule has 5 heteroatoms. The van der Waals surface area contributed by atoms with Gasteiger partial charge in [-0.3, -0.25) is 9.78 Å². The van der Waals surface area contributed by atoms with Gasteiger partial charge in [0.1, 0.15) is 0 Å². The number of anilines is 1. The summed E-state index contributed by atoms with van der Waals surface area (Å²) in [4.78, 5) is 21.1. The molecule has 22 heavy (non-hydrogen) atoms. The molecule has 0 radical (unpaired) electrons. The van der Waals surface area contributed by atoms with Crippen LogP contribution >= 0.6 is 0 Å². The summed E-state index contributed by atoms with van der Waals surface area (Å²) < 4.78 is 0. The molecule has 0 unspecified atom stereocenters. The highest BCUT2D eigenvalue weighted by atomic mass is 16.2. The summed E-state index contributed by atoms with van der Waals surface area (Å²) in [5.74, 6) is 0.952. The fourth-order valence-corrected chi connectivity index (χ4v) is 3.50. The van der Waals surface area contributed by atoms with Crippen molar-refractivity contribution in [3.63, 3.8) is 0 Å². The number of nitrogens with two attached hydrogens (primary N) is 1. The molecule has 2 N–H and O–H groups in total. The van der Waals surface area contributed by atoms with E-state index in [9.17, 15) is 4.79 Å². The Labute approximate surface area is 132 Å². The first kappa shape index (κ1) is 15.3. The lowest BCUT2D eigenvalue weighted by molar-refractivity contribution is -0.132. The first-order valence-electron chi connectivity index (χ1n) is 8.41. The molecule has 2 aliphatic rings. The van der Waals surface area contributed by atoms with Crippen molar-refractivity contribution in [2.75, 3.05) is 38.5 Å². The molecule has 2 saturated heterocycles. The third-order valence-corrected chi connectivity index (χ3v) is 4.86. The highest BCUT2D eigenvalue weighted by Crippen LogP contribution is 2.21. The number of likely N-dealkylation sites (tertiary alicyclic amines) is 2. The van der Waals surface area contributed by atoms with Crippen molar-refractivity contribution in [1.82, 2.24) is 14.8 Å². The van der Waals surface area contributed by atoms with Crippen LogP contribution in [0.1, 0.15) is 31.4 Å². The molecule has 0 atom stereocenters. The van der Waals surface area contributed by atoms with Crippen LogP contribution in [0.5, 0.6) is 0 Å². The predicted molar refractivity (Wildman–Crippen MR) is 87.3 cm³/mol. The van der Waals surface area contributed by atoms with Gasteiger partial charge in [0.2, 0.25) is 5.91 Å². The van der Waals surface area contributed by atoms with E-state index in [2.05, 4.69) is 9.88 Å². The summed E-state index contributed by atoms with van der Waals surface area (Å²) in [6, 6.07) is 3.64. The molecule has 1 aromatic rings. The van der Waals surface area contributed by atoms with Gasteiger partial charge in [0.05, 0.1) is 18.3 Å². The van der Waals surface area contributed by atoms with Gasteiger partial charge < -0.3 is 15.5 Å². The summed E-state index contributed by atoms with van der Waals surface area (Å²) >= 11 is 0. The topological polar surface area (TPSA) is 62.5 Å². The fraction of sp³-hybridized carbons (Fsp3) is 0.647. The Morgan fingerprint density at radius 1 is 1.18 bits per heavy atom. The summed E-state index contributed by atoms with van der Waals surface area (Å²) in [6.45, 7) is 5.55. The Balaban J connectivity index is 1.44. The average molecular weight is 302 g/mol. The Kier molecular flexibility index (Phi) is 4.93. The van der Waals surface area contributed by atoms with Crippen LogP contribution in [0.3, 0.4) is 0 Å². The number of hydrogen-bond donors (Lipinski definition) is 1. The van der Waals surface area contributed by atoms with Crippen LogP contribution in [0.15, 0.2) is 18.3 Å². The number of nitrogens with zero attached hydrogens (tertiary/aromatic N) is 3. The van der Waals surface area contributed by atoms with Gasteiger partial charge in [-0.25, -0.2) is 0 Å². The zero-order chi connectivity index (χ0) is 15.4. The first-order valence-corrected chi connectivity index (χ1v) is 8.41. The van der Waals surface area contributed by atoms with Gasteiger partial charge in [-0.15, -0.1) is 0 Å². The third kappa shape index (κ3) is 3.97. The van der Waals surface area contributed by atoms with Crippen molar-refractivity contribution in [3.8, 4) is 0 Å². The number of hydrogen-bond acceptors (Lipinski definition) is 4. The number of carbonyl (C=O) groups is 1. The zero-order valence-electron chi connectivity index (χ0n) is 13.2. The minimum Gasteiger partial charge on any atom is -0.397 e. The molecule has 5 nitrogen and oxygen atoms in total. The lowest BCUT2D eigenvalue weighted by Crippen LogP contribution is -2.41. The lowest BCUT2D eigenvalue weighted by Gasteiger charge is -2.34. The second kappa shape index (κ2) is 7.09. The number of pyridine rings is 1. The molecule has 3 heterocycles. The van der Waals surface area contributed by atoms with Crippen LogP contribution in [0, 0.1) is 5.92 Å². The molecule has 0 bridgehead atoms. The van der Waals surface area contributed by atoms with Crippen LogP contribution < -0.4 is 5.73 Å². The van der Waals surface area contributed by atoms with E-state index in [0.717, 1.165) is 37.5 Å². The number of piperidine rings is 1. The fourth-order valence-electron chi connectivity index (χ4n) is 3.50. The molecule has 0 aliphatic carbocycles. The second-order valence-corrected chi connectivity index (χ2v) is 6.59. The summed E-state index contributed by atoms with van der Waals surface area (Å²) in [5, 5.41) is 0. The summed E-state index contributed by atoms with van der Waals surface area (Å²) in [7, 11) is 0. The maximum atomic E-state index is 12.3. The van der Waals surface area contributed by atoms with Crippen LogP contribution in [-0.4, -0.2) is 53.4 Å². The maximum absolute atomic E-state index is 12.3. The molecular weight excluding hydrogens is 276 g/mol. The van der Waals surface area contributed by atoms with Crippen molar-refractivity contribution in [2.24, 2.45) is 5.92 Å². The zero-order valence-corrected chi connectivity index (χ0v) is 13.2. The van der Waals surface area contributed by atoms with E-state index in [1.807, 2.05) is 11.0 Å².